The predicted molar refractivity (Wildman–Crippen MR) is 77.0 cm³/mol. The molecule has 21 heavy (non-hydrogen) atoms. The normalized spacial score (nSPS) is 12.8. The molecule has 1 aromatic heterocycles. The molecule has 1 aliphatic rings. The first kappa shape index (κ1) is 13.4. The van der Waals surface area contributed by atoms with Crippen LogP contribution in [-0.2, 0) is 19.4 Å². The summed E-state index contributed by atoms with van der Waals surface area (Å²) in [5, 5.41) is 8.96. The standard InChI is InChI=1S/C16H15NO4/c18-15-4-2-13(16(19)20)10-17(15)7-5-11-1-3-14-12(9-11)6-8-21-14/h1-4,9-10H,5-8H2,(H,19,20). The first-order chi connectivity index (χ1) is 10.1. The van der Waals surface area contributed by atoms with E-state index < -0.39 is 5.97 Å². The number of benzene rings is 1. The maximum Gasteiger partial charge on any atom is 0.337 e. The minimum absolute atomic E-state index is 0.122. The maximum atomic E-state index is 11.8. The Hall–Kier alpha value is -2.56. The second-order valence-electron chi connectivity index (χ2n) is 5.05. The van der Waals surface area contributed by atoms with E-state index in [0.717, 1.165) is 24.3 Å². The van der Waals surface area contributed by atoms with Crippen molar-refractivity contribution in [3.05, 3.63) is 63.6 Å². The van der Waals surface area contributed by atoms with Gasteiger partial charge in [0.2, 0.25) is 0 Å². The molecular weight excluding hydrogens is 270 g/mol. The smallest absolute Gasteiger partial charge is 0.337 e. The van der Waals surface area contributed by atoms with Crippen LogP contribution in [0.4, 0.5) is 0 Å². The highest BCUT2D eigenvalue weighted by molar-refractivity contribution is 5.87. The van der Waals surface area contributed by atoms with Gasteiger partial charge in [-0.25, -0.2) is 4.79 Å². The minimum Gasteiger partial charge on any atom is -0.493 e. The fraction of sp³-hybridized carbons (Fsp3) is 0.250. The fourth-order valence-electron chi connectivity index (χ4n) is 2.48. The summed E-state index contributed by atoms with van der Waals surface area (Å²) in [7, 11) is 0. The van der Waals surface area contributed by atoms with E-state index in [1.807, 2.05) is 12.1 Å². The van der Waals surface area contributed by atoms with Gasteiger partial charge < -0.3 is 14.4 Å². The summed E-state index contributed by atoms with van der Waals surface area (Å²) in [6.45, 7) is 1.18. The summed E-state index contributed by atoms with van der Waals surface area (Å²) in [6.07, 6.45) is 2.98. The SMILES string of the molecule is O=C(O)c1ccc(=O)n(CCc2ccc3c(c2)CCO3)c1. The van der Waals surface area contributed by atoms with Gasteiger partial charge in [-0.2, -0.15) is 0 Å². The van der Waals surface area contributed by atoms with Crippen LogP contribution in [0.2, 0.25) is 0 Å². The number of carbonyl (C=O) groups is 1. The molecule has 2 heterocycles. The summed E-state index contributed by atoms with van der Waals surface area (Å²) in [5.41, 5.74) is 2.24. The summed E-state index contributed by atoms with van der Waals surface area (Å²) >= 11 is 0. The molecule has 108 valence electrons. The van der Waals surface area contributed by atoms with E-state index in [1.165, 1.54) is 28.5 Å². The molecule has 0 atom stereocenters. The molecule has 0 bridgehead atoms. The number of carboxylic acid groups (broad SMARTS) is 1. The van der Waals surface area contributed by atoms with E-state index >= 15 is 0 Å². The first-order valence-corrected chi connectivity index (χ1v) is 6.82. The van der Waals surface area contributed by atoms with Crippen LogP contribution in [0.3, 0.4) is 0 Å². The Bertz CT molecular complexity index is 748. The number of hydrogen-bond donors (Lipinski definition) is 1. The summed E-state index contributed by atoms with van der Waals surface area (Å²) in [5.74, 6) is -0.0952. The third-order valence-corrected chi connectivity index (χ3v) is 3.63. The Balaban J connectivity index is 1.77. The second-order valence-corrected chi connectivity index (χ2v) is 5.05. The third-order valence-electron chi connectivity index (χ3n) is 3.63. The molecule has 0 saturated heterocycles. The number of aryl methyl sites for hydroxylation is 2. The lowest BCUT2D eigenvalue weighted by atomic mass is 10.1. The molecule has 5 heteroatoms. The molecule has 0 fully saturated rings. The van der Waals surface area contributed by atoms with Crippen molar-refractivity contribution < 1.29 is 14.6 Å². The number of ether oxygens (including phenoxy) is 1. The molecule has 0 unspecified atom stereocenters. The number of rotatable bonds is 4. The van der Waals surface area contributed by atoms with Crippen LogP contribution in [0.15, 0.2) is 41.3 Å². The van der Waals surface area contributed by atoms with Gasteiger partial charge >= 0.3 is 5.97 Å². The Morgan fingerprint density at radius 3 is 2.95 bits per heavy atom. The average molecular weight is 285 g/mol. The Morgan fingerprint density at radius 1 is 1.29 bits per heavy atom. The quantitative estimate of drug-likeness (QED) is 0.928. The zero-order valence-electron chi connectivity index (χ0n) is 11.4. The van der Waals surface area contributed by atoms with Crippen molar-refractivity contribution in [1.82, 2.24) is 4.57 Å². The Labute approximate surface area is 121 Å². The van der Waals surface area contributed by atoms with Gasteiger partial charge in [0.25, 0.3) is 5.56 Å². The first-order valence-electron chi connectivity index (χ1n) is 6.82. The van der Waals surface area contributed by atoms with Gasteiger partial charge in [0.1, 0.15) is 5.75 Å². The molecule has 2 aromatic rings. The van der Waals surface area contributed by atoms with Crippen molar-refractivity contribution in [1.29, 1.82) is 0 Å². The molecule has 0 aliphatic carbocycles. The lowest BCUT2D eigenvalue weighted by Crippen LogP contribution is -2.21. The summed E-state index contributed by atoms with van der Waals surface area (Å²) in [4.78, 5) is 22.7. The van der Waals surface area contributed by atoms with E-state index in [-0.39, 0.29) is 11.1 Å². The highest BCUT2D eigenvalue weighted by Crippen LogP contribution is 2.26. The van der Waals surface area contributed by atoms with E-state index in [9.17, 15) is 9.59 Å². The van der Waals surface area contributed by atoms with Gasteiger partial charge in [0.05, 0.1) is 12.2 Å². The monoisotopic (exact) mass is 285 g/mol. The Morgan fingerprint density at radius 2 is 2.14 bits per heavy atom. The maximum absolute atomic E-state index is 11.8. The molecule has 0 radical (unpaired) electrons. The number of fused-ring (bicyclic) bond motifs is 1. The van der Waals surface area contributed by atoms with Gasteiger partial charge in [0.15, 0.2) is 0 Å². The third kappa shape index (κ3) is 2.81. The van der Waals surface area contributed by atoms with Crippen LogP contribution < -0.4 is 10.3 Å². The number of aromatic nitrogens is 1. The fourth-order valence-corrected chi connectivity index (χ4v) is 2.48. The lowest BCUT2D eigenvalue weighted by Gasteiger charge is -2.08. The highest BCUT2D eigenvalue weighted by Gasteiger charge is 2.12. The van der Waals surface area contributed by atoms with Crippen molar-refractivity contribution in [3.8, 4) is 5.75 Å². The van der Waals surface area contributed by atoms with Crippen molar-refractivity contribution in [2.45, 2.75) is 19.4 Å². The van der Waals surface area contributed by atoms with E-state index in [4.69, 9.17) is 9.84 Å². The van der Waals surface area contributed by atoms with Gasteiger partial charge in [-0.1, -0.05) is 12.1 Å². The average Bonchev–Trinajstić information content (AvgIpc) is 2.93. The molecule has 0 saturated carbocycles. The topological polar surface area (TPSA) is 68.5 Å². The largest absolute Gasteiger partial charge is 0.493 e. The molecule has 1 aromatic carbocycles. The van der Waals surface area contributed by atoms with Crippen molar-refractivity contribution in [3.63, 3.8) is 0 Å². The van der Waals surface area contributed by atoms with Gasteiger partial charge in [-0.15, -0.1) is 0 Å². The van der Waals surface area contributed by atoms with Crippen molar-refractivity contribution in [2.75, 3.05) is 6.61 Å². The molecule has 5 nitrogen and oxygen atoms in total. The van der Waals surface area contributed by atoms with Crippen molar-refractivity contribution >= 4 is 5.97 Å². The molecular formula is C16H15NO4. The minimum atomic E-state index is -1.03. The van der Waals surface area contributed by atoms with Crippen LogP contribution in [0, 0.1) is 0 Å². The van der Waals surface area contributed by atoms with Gasteiger partial charge in [0, 0.05) is 25.2 Å². The number of carboxylic acids is 1. The van der Waals surface area contributed by atoms with Gasteiger partial charge in [-0.05, 0) is 29.7 Å². The summed E-state index contributed by atoms with van der Waals surface area (Å²) < 4.78 is 6.89. The van der Waals surface area contributed by atoms with Crippen LogP contribution >= 0.6 is 0 Å². The molecule has 3 rings (SSSR count). The van der Waals surface area contributed by atoms with Crippen LogP contribution in [0.1, 0.15) is 21.5 Å². The zero-order valence-corrected chi connectivity index (χ0v) is 11.4. The van der Waals surface area contributed by atoms with E-state index in [1.54, 1.807) is 0 Å². The number of hydrogen-bond acceptors (Lipinski definition) is 3. The zero-order chi connectivity index (χ0) is 14.8. The molecule has 1 N–H and O–H groups in total. The molecule has 0 spiro atoms. The van der Waals surface area contributed by atoms with Gasteiger partial charge in [-0.3, -0.25) is 4.79 Å². The summed E-state index contributed by atoms with van der Waals surface area (Å²) in [6, 6.07) is 8.65. The van der Waals surface area contributed by atoms with Crippen LogP contribution in [0.25, 0.3) is 0 Å². The Kier molecular flexibility index (Phi) is 3.48. The van der Waals surface area contributed by atoms with Crippen LogP contribution in [0.5, 0.6) is 5.75 Å². The lowest BCUT2D eigenvalue weighted by molar-refractivity contribution is 0.0696. The second kappa shape index (κ2) is 5.44. The highest BCUT2D eigenvalue weighted by atomic mass is 16.5. The van der Waals surface area contributed by atoms with Crippen molar-refractivity contribution in [2.24, 2.45) is 0 Å². The molecule has 0 amide bonds. The van der Waals surface area contributed by atoms with Crippen LogP contribution in [-0.4, -0.2) is 22.2 Å². The van der Waals surface area contributed by atoms with E-state index in [2.05, 4.69) is 6.07 Å². The molecule has 1 aliphatic heterocycles. The number of aromatic carboxylic acids is 1. The predicted octanol–water partition coefficient (Wildman–Crippen LogP) is 1.72. The number of pyridine rings is 1. The number of nitrogens with zero attached hydrogens (tertiary/aromatic N) is 1. The van der Waals surface area contributed by atoms with E-state index in [0.29, 0.717) is 13.0 Å².